The maximum Gasteiger partial charge on any atom is 0.164 e. The SMILES string of the molecule is CC(=O)[C@]1(Cc2ccccc2)CO1. The van der Waals surface area contributed by atoms with Gasteiger partial charge in [-0.15, -0.1) is 0 Å². The maximum atomic E-state index is 11.2. The van der Waals surface area contributed by atoms with Crippen molar-refractivity contribution in [3.05, 3.63) is 35.9 Å². The van der Waals surface area contributed by atoms with Crippen LogP contribution in [0, 0.1) is 0 Å². The third-order valence-corrected chi connectivity index (χ3v) is 2.47. The van der Waals surface area contributed by atoms with E-state index >= 15 is 0 Å². The van der Waals surface area contributed by atoms with E-state index in [2.05, 4.69) is 0 Å². The molecule has 0 aliphatic carbocycles. The Hall–Kier alpha value is -1.15. The van der Waals surface area contributed by atoms with E-state index in [-0.39, 0.29) is 5.78 Å². The molecule has 1 aliphatic heterocycles. The number of rotatable bonds is 3. The molecule has 0 spiro atoms. The molecule has 13 heavy (non-hydrogen) atoms. The van der Waals surface area contributed by atoms with Crippen molar-refractivity contribution in [3.63, 3.8) is 0 Å². The predicted molar refractivity (Wildman–Crippen MR) is 49.5 cm³/mol. The average molecular weight is 176 g/mol. The first-order valence-electron chi connectivity index (χ1n) is 4.42. The molecule has 1 atom stereocenters. The van der Waals surface area contributed by atoms with Gasteiger partial charge in [0.05, 0.1) is 6.61 Å². The highest BCUT2D eigenvalue weighted by molar-refractivity contribution is 5.87. The van der Waals surface area contributed by atoms with Gasteiger partial charge in [0.1, 0.15) is 0 Å². The summed E-state index contributed by atoms with van der Waals surface area (Å²) >= 11 is 0. The predicted octanol–water partition coefficient (Wildman–Crippen LogP) is 1.59. The molecule has 1 aliphatic rings. The summed E-state index contributed by atoms with van der Waals surface area (Å²) in [4.78, 5) is 11.2. The van der Waals surface area contributed by atoms with Crippen LogP contribution in [0.2, 0.25) is 0 Å². The van der Waals surface area contributed by atoms with Crippen molar-refractivity contribution in [2.24, 2.45) is 0 Å². The van der Waals surface area contributed by atoms with Gasteiger partial charge >= 0.3 is 0 Å². The Kier molecular flexibility index (Phi) is 1.93. The molecule has 1 heterocycles. The zero-order chi connectivity index (χ0) is 9.31. The molecule has 1 aromatic rings. The molecule has 0 aromatic heterocycles. The van der Waals surface area contributed by atoms with Crippen LogP contribution < -0.4 is 0 Å². The standard InChI is InChI=1S/C11H12O2/c1-9(12)11(8-13-11)7-10-5-3-2-4-6-10/h2-6H,7-8H2,1H3/t11-/m0/s1. The van der Waals surface area contributed by atoms with Crippen molar-refractivity contribution >= 4 is 5.78 Å². The van der Waals surface area contributed by atoms with Crippen LogP contribution in [0.15, 0.2) is 30.3 Å². The molecule has 0 unspecified atom stereocenters. The van der Waals surface area contributed by atoms with E-state index < -0.39 is 5.60 Å². The van der Waals surface area contributed by atoms with Crippen LogP contribution in [0.3, 0.4) is 0 Å². The number of ether oxygens (including phenoxy) is 1. The summed E-state index contributed by atoms with van der Waals surface area (Å²) in [5.41, 5.74) is 0.677. The largest absolute Gasteiger partial charge is 0.361 e. The van der Waals surface area contributed by atoms with Crippen molar-refractivity contribution in [3.8, 4) is 0 Å². The lowest BCUT2D eigenvalue weighted by Gasteiger charge is -2.06. The van der Waals surface area contributed by atoms with Crippen molar-refractivity contribution in [1.29, 1.82) is 0 Å². The summed E-state index contributed by atoms with van der Waals surface area (Å²) in [6.07, 6.45) is 0.711. The summed E-state index contributed by atoms with van der Waals surface area (Å²) in [5.74, 6) is 0.136. The normalized spacial score (nSPS) is 25.6. The lowest BCUT2D eigenvalue weighted by atomic mass is 9.97. The van der Waals surface area contributed by atoms with Gasteiger partial charge in [0.25, 0.3) is 0 Å². The van der Waals surface area contributed by atoms with Gasteiger partial charge < -0.3 is 4.74 Å². The first-order chi connectivity index (χ1) is 6.23. The minimum atomic E-state index is -0.485. The Morgan fingerprint density at radius 1 is 1.46 bits per heavy atom. The van der Waals surface area contributed by atoms with Gasteiger partial charge in [-0.2, -0.15) is 0 Å². The molecule has 2 rings (SSSR count). The van der Waals surface area contributed by atoms with E-state index in [0.29, 0.717) is 13.0 Å². The van der Waals surface area contributed by atoms with Crippen LogP contribution in [0.4, 0.5) is 0 Å². The fourth-order valence-electron chi connectivity index (χ4n) is 1.44. The monoisotopic (exact) mass is 176 g/mol. The number of carbonyl (C=O) groups is 1. The van der Waals surface area contributed by atoms with Crippen molar-refractivity contribution < 1.29 is 9.53 Å². The highest BCUT2D eigenvalue weighted by Gasteiger charge is 2.49. The molecule has 1 aromatic carbocycles. The maximum absolute atomic E-state index is 11.2. The molecule has 0 bridgehead atoms. The fraction of sp³-hybridized carbons (Fsp3) is 0.364. The van der Waals surface area contributed by atoms with E-state index in [4.69, 9.17) is 4.74 Å². The molecule has 0 N–H and O–H groups in total. The fourth-order valence-corrected chi connectivity index (χ4v) is 1.44. The summed E-state index contributed by atoms with van der Waals surface area (Å²) < 4.78 is 5.21. The molecule has 0 amide bonds. The zero-order valence-corrected chi connectivity index (χ0v) is 7.62. The number of Topliss-reactive ketones (excluding diaryl/α,β-unsaturated/α-hetero) is 1. The molecule has 68 valence electrons. The first kappa shape index (κ1) is 8.45. The molecule has 2 nitrogen and oxygen atoms in total. The Bertz CT molecular complexity index is 312. The second kappa shape index (κ2) is 2.96. The minimum absolute atomic E-state index is 0.136. The number of epoxide rings is 1. The molecular weight excluding hydrogens is 164 g/mol. The Morgan fingerprint density at radius 3 is 2.54 bits per heavy atom. The van der Waals surface area contributed by atoms with E-state index in [1.807, 2.05) is 30.3 Å². The first-order valence-corrected chi connectivity index (χ1v) is 4.42. The minimum Gasteiger partial charge on any atom is -0.361 e. The van der Waals surface area contributed by atoms with Gasteiger partial charge in [0.2, 0.25) is 0 Å². The van der Waals surface area contributed by atoms with Crippen LogP contribution in [0.1, 0.15) is 12.5 Å². The van der Waals surface area contributed by atoms with Gasteiger partial charge in [-0.25, -0.2) is 0 Å². The summed E-state index contributed by atoms with van der Waals surface area (Å²) in [6, 6.07) is 9.97. The Labute approximate surface area is 77.5 Å². The summed E-state index contributed by atoms with van der Waals surface area (Å²) in [7, 11) is 0. The van der Waals surface area contributed by atoms with Crippen LogP contribution in [-0.2, 0) is 16.0 Å². The topological polar surface area (TPSA) is 29.6 Å². The number of benzene rings is 1. The highest BCUT2D eigenvalue weighted by Crippen LogP contribution is 2.31. The summed E-state index contributed by atoms with van der Waals surface area (Å²) in [5, 5.41) is 0. The zero-order valence-electron chi connectivity index (χ0n) is 7.62. The summed E-state index contributed by atoms with van der Waals surface area (Å²) in [6.45, 7) is 2.17. The van der Waals surface area contributed by atoms with Crippen LogP contribution in [0.5, 0.6) is 0 Å². The van der Waals surface area contributed by atoms with E-state index in [1.54, 1.807) is 6.92 Å². The van der Waals surface area contributed by atoms with Gasteiger partial charge in [-0.05, 0) is 12.5 Å². The second-order valence-electron chi connectivity index (χ2n) is 3.50. The lowest BCUT2D eigenvalue weighted by molar-refractivity contribution is -0.121. The van der Waals surface area contributed by atoms with Gasteiger partial charge in [0, 0.05) is 6.42 Å². The van der Waals surface area contributed by atoms with Gasteiger partial charge in [-0.1, -0.05) is 30.3 Å². The number of ketones is 1. The molecule has 1 saturated heterocycles. The molecule has 1 fully saturated rings. The highest BCUT2D eigenvalue weighted by atomic mass is 16.6. The smallest absolute Gasteiger partial charge is 0.164 e. The number of hydrogen-bond acceptors (Lipinski definition) is 2. The quantitative estimate of drug-likeness (QED) is 0.654. The van der Waals surface area contributed by atoms with Crippen LogP contribution in [0.25, 0.3) is 0 Å². The average Bonchev–Trinajstić information content (AvgIpc) is 2.87. The third kappa shape index (κ3) is 1.63. The molecule has 0 saturated carbocycles. The van der Waals surface area contributed by atoms with Crippen LogP contribution >= 0.6 is 0 Å². The molecular formula is C11H12O2. The third-order valence-electron chi connectivity index (χ3n) is 2.47. The molecule has 2 heteroatoms. The Balaban J connectivity index is 2.11. The van der Waals surface area contributed by atoms with Crippen molar-refractivity contribution in [1.82, 2.24) is 0 Å². The number of carbonyl (C=O) groups excluding carboxylic acids is 1. The van der Waals surface area contributed by atoms with Crippen molar-refractivity contribution in [2.45, 2.75) is 18.9 Å². The van der Waals surface area contributed by atoms with Gasteiger partial charge in [0.15, 0.2) is 11.4 Å². The van der Waals surface area contributed by atoms with E-state index in [0.717, 1.165) is 5.56 Å². The van der Waals surface area contributed by atoms with Gasteiger partial charge in [-0.3, -0.25) is 4.79 Å². The second-order valence-corrected chi connectivity index (χ2v) is 3.50. The molecule has 0 radical (unpaired) electrons. The lowest BCUT2D eigenvalue weighted by Crippen LogP contribution is -2.24. The van der Waals surface area contributed by atoms with E-state index in [1.165, 1.54) is 0 Å². The Morgan fingerprint density at radius 2 is 2.08 bits per heavy atom. The van der Waals surface area contributed by atoms with E-state index in [9.17, 15) is 4.79 Å². The number of hydrogen-bond donors (Lipinski definition) is 0. The van der Waals surface area contributed by atoms with Crippen LogP contribution in [-0.4, -0.2) is 18.0 Å². The van der Waals surface area contributed by atoms with Crippen molar-refractivity contribution in [2.75, 3.05) is 6.61 Å².